The predicted octanol–water partition coefficient (Wildman–Crippen LogP) is 5.98. The van der Waals surface area contributed by atoms with Crippen molar-refractivity contribution in [1.29, 1.82) is 0 Å². The zero-order valence-corrected chi connectivity index (χ0v) is 14.6. The molecule has 112 valence electrons. The van der Waals surface area contributed by atoms with E-state index in [1.807, 2.05) is 18.2 Å². The Balaban J connectivity index is 2.49. The van der Waals surface area contributed by atoms with Crippen LogP contribution in [-0.4, -0.2) is 6.54 Å². The summed E-state index contributed by atoms with van der Waals surface area (Å²) in [5.74, 6) is -0.293. The van der Waals surface area contributed by atoms with Gasteiger partial charge in [0.2, 0.25) is 0 Å². The van der Waals surface area contributed by atoms with Crippen LogP contribution >= 0.6 is 39.1 Å². The number of benzene rings is 2. The number of nitrogens with one attached hydrogen (secondary N) is 1. The minimum absolute atomic E-state index is 0.178. The maximum absolute atomic E-state index is 13.5. The Kier molecular flexibility index (Phi) is 6.06. The summed E-state index contributed by atoms with van der Waals surface area (Å²) in [4.78, 5) is 0. The third kappa shape index (κ3) is 3.98. The van der Waals surface area contributed by atoms with E-state index < -0.39 is 0 Å². The van der Waals surface area contributed by atoms with Gasteiger partial charge in [-0.3, -0.25) is 0 Å². The first-order valence-electron chi connectivity index (χ1n) is 6.66. The van der Waals surface area contributed by atoms with Gasteiger partial charge in [-0.1, -0.05) is 42.3 Å². The Bertz CT molecular complexity index is 613. The van der Waals surface area contributed by atoms with E-state index in [4.69, 9.17) is 23.2 Å². The summed E-state index contributed by atoms with van der Waals surface area (Å²) < 4.78 is 13.9. The van der Waals surface area contributed by atoms with Crippen molar-refractivity contribution >= 4 is 39.1 Å². The lowest BCUT2D eigenvalue weighted by atomic mass is 9.98. The molecule has 5 heteroatoms. The average Bonchev–Trinajstić information content (AvgIpc) is 2.45. The fourth-order valence-corrected chi connectivity index (χ4v) is 3.17. The summed E-state index contributed by atoms with van der Waals surface area (Å²) >= 11 is 15.9. The van der Waals surface area contributed by atoms with Crippen LogP contribution in [0, 0.1) is 5.82 Å². The highest BCUT2D eigenvalue weighted by Crippen LogP contribution is 2.35. The maximum atomic E-state index is 13.5. The summed E-state index contributed by atoms with van der Waals surface area (Å²) in [6, 6.07) is 10.2. The molecule has 0 aliphatic carbocycles. The molecule has 1 nitrogen and oxygen atoms in total. The monoisotopic (exact) mass is 389 g/mol. The molecule has 0 amide bonds. The van der Waals surface area contributed by atoms with Gasteiger partial charge in [-0.2, -0.15) is 0 Å². The van der Waals surface area contributed by atoms with E-state index in [1.54, 1.807) is 12.1 Å². The van der Waals surface area contributed by atoms with Gasteiger partial charge in [-0.05, 0) is 58.7 Å². The van der Waals surface area contributed by atoms with Gasteiger partial charge in [-0.25, -0.2) is 4.39 Å². The van der Waals surface area contributed by atoms with Crippen molar-refractivity contribution in [3.8, 4) is 0 Å². The van der Waals surface area contributed by atoms with Crippen molar-refractivity contribution in [3.05, 3.63) is 67.9 Å². The second-order valence-corrected chi connectivity index (χ2v) is 6.36. The van der Waals surface area contributed by atoms with Gasteiger partial charge in [0.15, 0.2) is 0 Å². The van der Waals surface area contributed by atoms with Crippen LogP contribution in [0.4, 0.5) is 4.39 Å². The molecule has 0 radical (unpaired) electrons. The van der Waals surface area contributed by atoms with Crippen LogP contribution in [0.3, 0.4) is 0 Å². The molecular formula is C16H15BrCl2FN. The van der Waals surface area contributed by atoms with Crippen molar-refractivity contribution in [1.82, 2.24) is 5.32 Å². The molecule has 0 fully saturated rings. The molecule has 1 unspecified atom stereocenters. The summed E-state index contributed by atoms with van der Waals surface area (Å²) in [7, 11) is 0. The molecule has 1 atom stereocenters. The normalized spacial score (nSPS) is 12.4. The highest BCUT2D eigenvalue weighted by molar-refractivity contribution is 9.10. The minimum atomic E-state index is -0.293. The Labute approximate surface area is 142 Å². The third-order valence-electron chi connectivity index (χ3n) is 3.16. The summed E-state index contributed by atoms with van der Waals surface area (Å²) in [5.41, 5.74) is 1.72. The lowest BCUT2D eigenvalue weighted by molar-refractivity contribution is 0.591. The number of rotatable bonds is 5. The largest absolute Gasteiger partial charge is 0.306 e. The molecule has 0 bridgehead atoms. The van der Waals surface area contributed by atoms with Crippen molar-refractivity contribution in [3.63, 3.8) is 0 Å². The first-order valence-corrected chi connectivity index (χ1v) is 8.21. The number of hydrogen-bond donors (Lipinski definition) is 1. The van der Waals surface area contributed by atoms with Gasteiger partial charge in [-0.15, -0.1) is 0 Å². The van der Waals surface area contributed by atoms with Crippen LogP contribution in [0.25, 0.3) is 0 Å². The fourth-order valence-electron chi connectivity index (χ4n) is 2.15. The first kappa shape index (κ1) is 16.8. The highest BCUT2D eigenvalue weighted by atomic mass is 79.9. The zero-order valence-electron chi connectivity index (χ0n) is 11.5. The van der Waals surface area contributed by atoms with Gasteiger partial charge in [0, 0.05) is 15.6 Å². The number of halogens is 4. The summed E-state index contributed by atoms with van der Waals surface area (Å²) in [6.45, 7) is 2.89. The van der Waals surface area contributed by atoms with E-state index in [0.717, 1.165) is 24.1 Å². The fraction of sp³-hybridized carbons (Fsp3) is 0.250. The molecule has 0 heterocycles. The van der Waals surface area contributed by atoms with Crippen LogP contribution < -0.4 is 5.32 Å². The van der Waals surface area contributed by atoms with E-state index in [9.17, 15) is 4.39 Å². The van der Waals surface area contributed by atoms with Gasteiger partial charge < -0.3 is 5.32 Å². The van der Waals surface area contributed by atoms with Crippen LogP contribution in [0.5, 0.6) is 0 Å². The topological polar surface area (TPSA) is 12.0 Å². The van der Waals surface area contributed by atoms with Crippen LogP contribution in [0.15, 0.2) is 40.9 Å². The summed E-state index contributed by atoms with van der Waals surface area (Å²) in [5, 5.41) is 4.61. The Morgan fingerprint density at radius 1 is 1.19 bits per heavy atom. The second kappa shape index (κ2) is 7.59. The predicted molar refractivity (Wildman–Crippen MR) is 90.7 cm³/mol. The maximum Gasteiger partial charge on any atom is 0.137 e. The molecule has 21 heavy (non-hydrogen) atoms. The Morgan fingerprint density at radius 2 is 1.86 bits per heavy atom. The van der Waals surface area contributed by atoms with Crippen LogP contribution in [-0.2, 0) is 0 Å². The van der Waals surface area contributed by atoms with Crippen LogP contribution in [0.2, 0.25) is 10.0 Å². The molecule has 0 spiro atoms. The molecule has 0 saturated heterocycles. The molecule has 0 aromatic heterocycles. The Morgan fingerprint density at radius 3 is 2.43 bits per heavy atom. The zero-order chi connectivity index (χ0) is 15.4. The van der Waals surface area contributed by atoms with E-state index in [2.05, 4.69) is 28.2 Å². The van der Waals surface area contributed by atoms with E-state index in [-0.39, 0.29) is 11.9 Å². The molecule has 2 aromatic carbocycles. The molecule has 0 aliphatic rings. The van der Waals surface area contributed by atoms with Gasteiger partial charge in [0.05, 0.1) is 10.5 Å². The van der Waals surface area contributed by atoms with E-state index in [1.165, 1.54) is 6.07 Å². The lowest BCUT2D eigenvalue weighted by Crippen LogP contribution is -2.24. The summed E-state index contributed by atoms with van der Waals surface area (Å²) in [6.07, 6.45) is 0.973. The van der Waals surface area contributed by atoms with Crippen molar-refractivity contribution in [2.75, 3.05) is 6.54 Å². The molecular weight excluding hydrogens is 376 g/mol. The first-order chi connectivity index (χ1) is 10.0. The van der Waals surface area contributed by atoms with Gasteiger partial charge >= 0.3 is 0 Å². The molecule has 2 rings (SSSR count). The molecule has 2 aromatic rings. The van der Waals surface area contributed by atoms with Crippen molar-refractivity contribution in [2.45, 2.75) is 19.4 Å². The van der Waals surface area contributed by atoms with Gasteiger partial charge in [0.1, 0.15) is 5.82 Å². The van der Waals surface area contributed by atoms with E-state index in [0.29, 0.717) is 14.5 Å². The SMILES string of the molecule is CCCNC(c1ccc(F)c(Br)c1)c1c(Cl)cccc1Cl. The molecule has 0 aliphatic heterocycles. The Hall–Kier alpha value is -0.610. The highest BCUT2D eigenvalue weighted by Gasteiger charge is 2.20. The second-order valence-electron chi connectivity index (χ2n) is 4.70. The standard InChI is InChI=1S/C16H15BrCl2FN/c1-2-8-21-16(10-6-7-14(20)11(17)9-10)15-12(18)4-3-5-13(15)19/h3-7,9,16,21H,2,8H2,1H3. The molecule has 1 N–H and O–H groups in total. The third-order valence-corrected chi connectivity index (χ3v) is 4.43. The quantitative estimate of drug-likeness (QED) is 0.661. The van der Waals surface area contributed by atoms with Crippen molar-refractivity contribution < 1.29 is 4.39 Å². The minimum Gasteiger partial charge on any atom is -0.306 e. The smallest absolute Gasteiger partial charge is 0.137 e. The van der Waals surface area contributed by atoms with Crippen LogP contribution in [0.1, 0.15) is 30.5 Å². The van der Waals surface area contributed by atoms with Gasteiger partial charge in [0.25, 0.3) is 0 Å². The number of hydrogen-bond acceptors (Lipinski definition) is 1. The average molecular weight is 391 g/mol. The lowest BCUT2D eigenvalue weighted by Gasteiger charge is -2.22. The van der Waals surface area contributed by atoms with Crippen molar-refractivity contribution in [2.24, 2.45) is 0 Å². The molecule has 0 saturated carbocycles. The van der Waals surface area contributed by atoms with E-state index >= 15 is 0 Å².